The fourth-order valence-electron chi connectivity index (χ4n) is 1.66. The Kier molecular flexibility index (Phi) is 3.49. The molecule has 1 saturated heterocycles. The molecule has 2 N–H and O–H groups in total. The average molecular weight is 171 g/mol. The average Bonchev–Trinajstić information content (AvgIpc) is 2.09. The van der Waals surface area contributed by atoms with Crippen LogP contribution in [-0.4, -0.2) is 42.5 Å². The van der Waals surface area contributed by atoms with Crippen LogP contribution >= 0.6 is 0 Å². The SMILES string of the molecule is CN1CCCC[C@@H]1CN(N)C=O. The third-order valence-corrected chi connectivity index (χ3v) is 2.48. The first-order valence-electron chi connectivity index (χ1n) is 4.41. The smallest absolute Gasteiger partial charge is 0.223 e. The van der Waals surface area contributed by atoms with Crippen LogP contribution in [0, 0.1) is 0 Å². The molecule has 1 heterocycles. The fraction of sp³-hybridized carbons (Fsp3) is 0.875. The second-order valence-corrected chi connectivity index (χ2v) is 3.43. The van der Waals surface area contributed by atoms with Gasteiger partial charge in [-0.15, -0.1) is 0 Å². The van der Waals surface area contributed by atoms with Crippen LogP contribution in [-0.2, 0) is 4.79 Å². The lowest BCUT2D eigenvalue weighted by atomic mass is 10.0. The number of likely N-dealkylation sites (tertiary alicyclic amines) is 1. The van der Waals surface area contributed by atoms with Crippen LogP contribution < -0.4 is 5.84 Å². The van der Waals surface area contributed by atoms with E-state index in [1.54, 1.807) is 0 Å². The van der Waals surface area contributed by atoms with Gasteiger partial charge in [0, 0.05) is 6.04 Å². The number of nitrogens with zero attached hydrogens (tertiary/aromatic N) is 2. The summed E-state index contributed by atoms with van der Waals surface area (Å²) in [5, 5.41) is 1.23. The Balaban J connectivity index is 2.33. The molecule has 12 heavy (non-hydrogen) atoms. The highest BCUT2D eigenvalue weighted by Gasteiger charge is 2.19. The van der Waals surface area contributed by atoms with Gasteiger partial charge >= 0.3 is 0 Å². The number of hydrazine groups is 1. The topological polar surface area (TPSA) is 49.6 Å². The molecule has 0 bridgehead atoms. The third kappa shape index (κ3) is 2.46. The molecule has 0 aromatic carbocycles. The molecule has 0 unspecified atom stereocenters. The minimum absolute atomic E-state index is 0.453. The molecule has 1 fully saturated rings. The highest BCUT2D eigenvalue weighted by atomic mass is 16.1. The van der Waals surface area contributed by atoms with Crippen LogP contribution in [0.25, 0.3) is 0 Å². The lowest BCUT2D eigenvalue weighted by molar-refractivity contribution is -0.119. The molecule has 70 valence electrons. The maximum atomic E-state index is 10.3. The lowest BCUT2D eigenvalue weighted by Gasteiger charge is -2.33. The summed E-state index contributed by atoms with van der Waals surface area (Å²) in [5.74, 6) is 5.40. The summed E-state index contributed by atoms with van der Waals surface area (Å²) in [7, 11) is 2.09. The predicted molar refractivity (Wildman–Crippen MR) is 47.2 cm³/mol. The number of hydrogen-bond acceptors (Lipinski definition) is 3. The number of carbonyl (C=O) groups excluding carboxylic acids is 1. The third-order valence-electron chi connectivity index (χ3n) is 2.48. The minimum Gasteiger partial charge on any atom is -0.302 e. The second-order valence-electron chi connectivity index (χ2n) is 3.43. The predicted octanol–water partition coefficient (Wildman–Crippen LogP) is -0.197. The van der Waals surface area contributed by atoms with Gasteiger partial charge in [-0.1, -0.05) is 6.42 Å². The van der Waals surface area contributed by atoms with Crippen molar-refractivity contribution in [3.8, 4) is 0 Å². The van der Waals surface area contributed by atoms with Crippen molar-refractivity contribution in [1.29, 1.82) is 0 Å². The number of likely N-dealkylation sites (N-methyl/N-ethyl adjacent to an activating group) is 1. The Hall–Kier alpha value is -0.610. The first-order chi connectivity index (χ1) is 5.74. The Morgan fingerprint density at radius 2 is 2.42 bits per heavy atom. The van der Waals surface area contributed by atoms with Gasteiger partial charge < -0.3 is 4.90 Å². The van der Waals surface area contributed by atoms with Gasteiger partial charge in [0.1, 0.15) is 0 Å². The van der Waals surface area contributed by atoms with Gasteiger partial charge in [0.25, 0.3) is 0 Å². The van der Waals surface area contributed by atoms with Gasteiger partial charge in [0.05, 0.1) is 6.54 Å². The molecule has 1 atom stereocenters. The first-order valence-corrected chi connectivity index (χ1v) is 4.41. The first kappa shape index (κ1) is 9.48. The van der Waals surface area contributed by atoms with Gasteiger partial charge in [-0.2, -0.15) is 0 Å². The monoisotopic (exact) mass is 171 g/mol. The van der Waals surface area contributed by atoms with Crippen LogP contribution in [0.5, 0.6) is 0 Å². The van der Waals surface area contributed by atoms with E-state index < -0.39 is 0 Å². The zero-order valence-corrected chi connectivity index (χ0v) is 7.57. The van der Waals surface area contributed by atoms with Crippen molar-refractivity contribution in [1.82, 2.24) is 9.91 Å². The van der Waals surface area contributed by atoms with E-state index in [1.807, 2.05) is 0 Å². The molecule has 4 heteroatoms. The molecule has 0 radical (unpaired) electrons. The van der Waals surface area contributed by atoms with E-state index in [0.29, 0.717) is 19.0 Å². The van der Waals surface area contributed by atoms with E-state index in [0.717, 1.165) is 13.0 Å². The lowest BCUT2D eigenvalue weighted by Crippen LogP contribution is -2.46. The molecule has 4 nitrogen and oxygen atoms in total. The summed E-state index contributed by atoms with van der Waals surface area (Å²) in [5.41, 5.74) is 0. The molecular weight excluding hydrogens is 154 g/mol. The quantitative estimate of drug-likeness (QED) is 0.277. The van der Waals surface area contributed by atoms with E-state index in [9.17, 15) is 4.79 Å². The van der Waals surface area contributed by atoms with Crippen molar-refractivity contribution in [3.63, 3.8) is 0 Å². The number of rotatable bonds is 3. The van der Waals surface area contributed by atoms with E-state index in [2.05, 4.69) is 11.9 Å². The van der Waals surface area contributed by atoms with E-state index in [-0.39, 0.29) is 0 Å². The van der Waals surface area contributed by atoms with Gasteiger partial charge in [-0.25, -0.2) is 5.84 Å². The van der Waals surface area contributed by atoms with Gasteiger partial charge in [-0.05, 0) is 26.4 Å². The summed E-state index contributed by atoms with van der Waals surface area (Å²) >= 11 is 0. The van der Waals surface area contributed by atoms with Crippen molar-refractivity contribution >= 4 is 6.41 Å². The highest BCUT2D eigenvalue weighted by molar-refractivity contribution is 5.45. The maximum Gasteiger partial charge on any atom is 0.223 e. The molecule has 1 rings (SSSR count). The molecule has 1 amide bonds. The molecule has 0 aromatic heterocycles. The minimum atomic E-state index is 0.453. The van der Waals surface area contributed by atoms with Crippen molar-refractivity contribution < 1.29 is 4.79 Å². The Morgan fingerprint density at radius 3 is 3.00 bits per heavy atom. The normalized spacial score (nSPS) is 25.3. The largest absolute Gasteiger partial charge is 0.302 e. The van der Waals surface area contributed by atoms with E-state index in [1.165, 1.54) is 17.9 Å². The Labute approximate surface area is 73.3 Å². The zero-order chi connectivity index (χ0) is 8.97. The maximum absolute atomic E-state index is 10.3. The standard InChI is InChI=1S/C8H17N3O/c1-10-5-3-2-4-8(10)6-11(9)7-12/h7-8H,2-6,9H2,1H3/t8-/m1/s1. The molecule has 0 aliphatic carbocycles. The number of piperidine rings is 1. The van der Waals surface area contributed by atoms with Crippen molar-refractivity contribution in [3.05, 3.63) is 0 Å². The molecule has 0 aromatic rings. The van der Waals surface area contributed by atoms with Gasteiger partial charge in [0.15, 0.2) is 0 Å². The molecule has 0 spiro atoms. The number of amides is 1. The van der Waals surface area contributed by atoms with E-state index in [4.69, 9.17) is 5.84 Å². The molecule has 1 aliphatic rings. The summed E-state index contributed by atoms with van der Waals surface area (Å²) in [6.45, 7) is 1.78. The summed E-state index contributed by atoms with van der Waals surface area (Å²) < 4.78 is 0. The zero-order valence-electron chi connectivity index (χ0n) is 7.57. The van der Waals surface area contributed by atoms with Crippen LogP contribution in [0.3, 0.4) is 0 Å². The Morgan fingerprint density at radius 1 is 1.67 bits per heavy atom. The number of carbonyl (C=O) groups is 1. The molecule has 1 aliphatic heterocycles. The summed E-state index contributed by atoms with van der Waals surface area (Å²) in [6.07, 6.45) is 4.35. The highest BCUT2D eigenvalue weighted by Crippen LogP contribution is 2.14. The second kappa shape index (κ2) is 4.42. The summed E-state index contributed by atoms with van der Waals surface area (Å²) in [4.78, 5) is 12.5. The molecular formula is C8H17N3O. The van der Waals surface area contributed by atoms with Crippen LogP contribution in [0.15, 0.2) is 0 Å². The van der Waals surface area contributed by atoms with Crippen molar-refractivity contribution in [2.24, 2.45) is 5.84 Å². The number of nitrogens with two attached hydrogens (primary N) is 1. The van der Waals surface area contributed by atoms with Crippen LogP contribution in [0.4, 0.5) is 0 Å². The summed E-state index contributed by atoms with van der Waals surface area (Å²) in [6, 6.07) is 0.453. The van der Waals surface area contributed by atoms with Crippen LogP contribution in [0.2, 0.25) is 0 Å². The van der Waals surface area contributed by atoms with Gasteiger partial charge in [-0.3, -0.25) is 9.80 Å². The fourth-order valence-corrected chi connectivity index (χ4v) is 1.66. The number of hydrogen-bond donors (Lipinski definition) is 1. The molecule has 0 saturated carbocycles. The van der Waals surface area contributed by atoms with E-state index >= 15 is 0 Å². The van der Waals surface area contributed by atoms with Gasteiger partial charge in [0.2, 0.25) is 6.41 Å². The van der Waals surface area contributed by atoms with Crippen molar-refractivity contribution in [2.75, 3.05) is 20.1 Å². The Bertz CT molecular complexity index is 151. The van der Waals surface area contributed by atoms with Crippen molar-refractivity contribution in [2.45, 2.75) is 25.3 Å². The van der Waals surface area contributed by atoms with Crippen LogP contribution in [0.1, 0.15) is 19.3 Å².